The third-order valence-electron chi connectivity index (χ3n) is 2.76. The van der Waals surface area contributed by atoms with E-state index in [4.69, 9.17) is 9.15 Å². The molecule has 4 nitrogen and oxygen atoms in total. The summed E-state index contributed by atoms with van der Waals surface area (Å²) in [6.07, 6.45) is 0.881. The molecule has 1 aromatic rings. The Morgan fingerprint density at radius 2 is 2.47 bits per heavy atom. The Bertz CT molecular complexity index is 358. The zero-order valence-electron chi connectivity index (χ0n) is 9.03. The highest BCUT2D eigenvalue weighted by Crippen LogP contribution is 2.22. The summed E-state index contributed by atoms with van der Waals surface area (Å²) in [5, 5.41) is 0. The van der Waals surface area contributed by atoms with Gasteiger partial charge in [0.05, 0.1) is 13.7 Å². The number of carbonyl (C=O) groups excluding carboxylic acids is 1. The summed E-state index contributed by atoms with van der Waals surface area (Å²) in [5.41, 5.74) is 0. The Morgan fingerprint density at radius 3 is 2.93 bits per heavy atom. The third kappa shape index (κ3) is 2.04. The molecule has 82 valence electrons. The summed E-state index contributed by atoms with van der Waals surface area (Å²) in [6, 6.07) is 3.80. The predicted molar refractivity (Wildman–Crippen MR) is 54.3 cm³/mol. The zero-order valence-corrected chi connectivity index (χ0v) is 9.03. The Balaban J connectivity index is 1.93. The highest BCUT2D eigenvalue weighted by atomic mass is 16.5. The number of rotatable bonds is 3. The van der Waals surface area contributed by atoms with E-state index >= 15 is 0 Å². The molecule has 0 radical (unpaired) electrons. The van der Waals surface area contributed by atoms with Crippen LogP contribution in [0.5, 0.6) is 0 Å². The second-order valence-corrected chi connectivity index (χ2v) is 3.81. The minimum absolute atomic E-state index is 0.0830. The molecule has 4 heteroatoms. The number of methoxy groups -OCH3 is 1. The van der Waals surface area contributed by atoms with Crippen LogP contribution < -0.4 is 0 Å². The first-order chi connectivity index (χ1) is 7.20. The minimum Gasteiger partial charge on any atom is -0.468 e. The number of hydrogen-bond acceptors (Lipinski definition) is 4. The standard InChI is InChI=1S/C11H15NO3/c1-8-3-4-9(15-8)7-12-6-5-10(12)11(13)14-2/h3-4,10H,5-7H2,1-2H3. The van der Waals surface area contributed by atoms with E-state index in [1.807, 2.05) is 19.1 Å². The van der Waals surface area contributed by atoms with Crippen molar-refractivity contribution in [2.75, 3.05) is 13.7 Å². The fourth-order valence-electron chi connectivity index (χ4n) is 1.80. The molecule has 0 bridgehead atoms. The molecule has 1 atom stereocenters. The highest BCUT2D eigenvalue weighted by Gasteiger charge is 2.35. The summed E-state index contributed by atoms with van der Waals surface area (Å²) < 4.78 is 10.2. The molecule has 15 heavy (non-hydrogen) atoms. The van der Waals surface area contributed by atoms with Crippen molar-refractivity contribution in [2.24, 2.45) is 0 Å². The van der Waals surface area contributed by atoms with Gasteiger partial charge in [0.15, 0.2) is 0 Å². The Hall–Kier alpha value is -1.29. The molecule has 1 unspecified atom stereocenters. The van der Waals surface area contributed by atoms with Gasteiger partial charge in [0.2, 0.25) is 0 Å². The number of furan rings is 1. The van der Waals surface area contributed by atoms with E-state index in [-0.39, 0.29) is 12.0 Å². The van der Waals surface area contributed by atoms with Gasteiger partial charge in [-0.15, -0.1) is 0 Å². The van der Waals surface area contributed by atoms with Gasteiger partial charge < -0.3 is 9.15 Å². The maximum absolute atomic E-state index is 11.3. The smallest absolute Gasteiger partial charge is 0.323 e. The van der Waals surface area contributed by atoms with Crippen LogP contribution >= 0.6 is 0 Å². The maximum atomic E-state index is 11.3. The molecule has 1 aliphatic heterocycles. The Kier molecular flexibility index (Phi) is 2.77. The number of nitrogens with zero attached hydrogens (tertiary/aromatic N) is 1. The molecule has 1 fully saturated rings. The van der Waals surface area contributed by atoms with E-state index in [0.717, 1.165) is 24.5 Å². The average molecular weight is 209 g/mol. The molecule has 1 aromatic heterocycles. The normalized spacial score (nSPS) is 21.1. The van der Waals surface area contributed by atoms with Crippen LogP contribution in [0.4, 0.5) is 0 Å². The van der Waals surface area contributed by atoms with Crippen molar-refractivity contribution in [1.82, 2.24) is 4.90 Å². The van der Waals surface area contributed by atoms with E-state index in [2.05, 4.69) is 4.90 Å². The number of esters is 1. The number of likely N-dealkylation sites (tertiary alicyclic amines) is 1. The molecule has 1 aliphatic rings. The van der Waals surface area contributed by atoms with Gasteiger partial charge in [0.25, 0.3) is 0 Å². The van der Waals surface area contributed by atoms with E-state index < -0.39 is 0 Å². The summed E-state index contributed by atoms with van der Waals surface area (Å²) >= 11 is 0. The molecule has 0 N–H and O–H groups in total. The average Bonchev–Trinajstić information content (AvgIpc) is 2.58. The number of aryl methyl sites for hydroxylation is 1. The molecule has 2 heterocycles. The van der Waals surface area contributed by atoms with Crippen molar-refractivity contribution in [3.05, 3.63) is 23.7 Å². The Labute approximate surface area is 88.8 Å². The van der Waals surface area contributed by atoms with Crippen molar-refractivity contribution >= 4 is 5.97 Å². The third-order valence-corrected chi connectivity index (χ3v) is 2.76. The van der Waals surface area contributed by atoms with Gasteiger partial charge in [-0.2, -0.15) is 0 Å². The van der Waals surface area contributed by atoms with Gasteiger partial charge in [0.1, 0.15) is 17.6 Å². The van der Waals surface area contributed by atoms with E-state index in [9.17, 15) is 4.79 Å². The second kappa shape index (κ2) is 4.06. The lowest BCUT2D eigenvalue weighted by Crippen LogP contribution is -2.52. The summed E-state index contributed by atoms with van der Waals surface area (Å²) in [6.45, 7) is 3.53. The minimum atomic E-state index is -0.149. The van der Waals surface area contributed by atoms with Gasteiger partial charge in [-0.3, -0.25) is 9.69 Å². The molecular weight excluding hydrogens is 194 g/mol. The van der Waals surface area contributed by atoms with Crippen molar-refractivity contribution < 1.29 is 13.9 Å². The van der Waals surface area contributed by atoms with Gasteiger partial charge in [-0.05, 0) is 25.5 Å². The fraction of sp³-hybridized carbons (Fsp3) is 0.545. The zero-order chi connectivity index (χ0) is 10.8. The summed E-state index contributed by atoms with van der Waals surface area (Å²) in [7, 11) is 1.43. The monoisotopic (exact) mass is 209 g/mol. The molecule has 0 aromatic carbocycles. The molecule has 0 aliphatic carbocycles. The first kappa shape index (κ1) is 10.2. The second-order valence-electron chi connectivity index (χ2n) is 3.81. The van der Waals surface area contributed by atoms with Gasteiger partial charge in [-0.25, -0.2) is 0 Å². The quantitative estimate of drug-likeness (QED) is 0.704. The molecule has 0 amide bonds. The molecule has 1 saturated heterocycles. The first-order valence-corrected chi connectivity index (χ1v) is 5.08. The largest absolute Gasteiger partial charge is 0.468 e. The fourth-order valence-corrected chi connectivity index (χ4v) is 1.80. The highest BCUT2D eigenvalue weighted by molar-refractivity contribution is 5.76. The molecule has 0 spiro atoms. The predicted octanol–water partition coefficient (Wildman–Crippen LogP) is 1.34. The Morgan fingerprint density at radius 1 is 1.67 bits per heavy atom. The van der Waals surface area contributed by atoms with Crippen molar-refractivity contribution in [3.8, 4) is 0 Å². The lowest BCUT2D eigenvalue weighted by atomic mass is 10.0. The van der Waals surface area contributed by atoms with Crippen LogP contribution in [-0.4, -0.2) is 30.6 Å². The topological polar surface area (TPSA) is 42.7 Å². The van der Waals surface area contributed by atoms with Crippen LogP contribution in [0.2, 0.25) is 0 Å². The van der Waals surface area contributed by atoms with Crippen LogP contribution in [0, 0.1) is 6.92 Å². The van der Waals surface area contributed by atoms with Crippen LogP contribution in [0.25, 0.3) is 0 Å². The van der Waals surface area contributed by atoms with E-state index in [1.165, 1.54) is 7.11 Å². The van der Waals surface area contributed by atoms with Crippen molar-refractivity contribution in [3.63, 3.8) is 0 Å². The van der Waals surface area contributed by atoms with E-state index in [1.54, 1.807) is 0 Å². The maximum Gasteiger partial charge on any atom is 0.323 e. The molecular formula is C11H15NO3. The van der Waals surface area contributed by atoms with Crippen molar-refractivity contribution in [1.29, 1.82) is 0 Å². The van der Waals surface area contributed by atoms with Crippen LogP contribution in [-0.2, 0) is 16.1 Å². The lowest BCUT2D eigenvalue weighted by molar-refractivity contribution is -0.152. The SMILES string of the molecule is COC(=O)C1CCN1Cc1ccc(C)o1. The van der Waals surface area contributed by atoms with Gasteiger partial charge in [0, 0.05) is 6.54 Å². The first-order valence-electron chi connectivity index (χ1n) is 5.08. The van der Waals surface area contributed by atoms with Gasteiger partial charge in [-0.1, -0.05) is 0 Å². The lowest BCUT2D eigenvalue weighted by Gasteiger charge is -2.37. The number of ether oxygens (including phenoxy) is 1. The molecule has 0 saturated carbocycles. The van der Waals surface area contributed by atoms with Gasteiger partial charge >= 0.3 is 5.97 Å². The van der Waals surface area contributed by atoms with E-state index in [0.29, 0.717) is 6.54 Å². The molecule has 2 rings (SSSR count). The van der Waals surface area contributed by atoms with Crippen molar-refractivity contribution in [2.45, 2.75) is 25.9 Å². The number of carbonyl (C=O) groups is 1. The van der Waals surface area contributed by atoms with Crippen LogP contribution in [0.1, 0.15) is 17.9 Å². The number of hydrogen-bond donors (Lipinski definition) is 0. The van der Waals surface area contributed by atoms with Crippen LogP contribution in [0.3, 0.4) is 0 Å². The van der Waals surface area contributed by atoms with Crippen LogP contribution in [0.15, 0.2) is 16.5 Å². The summed E-state index contributed by atoms with van der Waals surface area (Å²) in [4.78, 5) is 13.4. The summed E-state index contributed by atoms with van der Waals surface area (Å²) in [5.74, 6) is 1.66.